The summed E-state index contributed by atoms with van der Waals surface area (Å²) in [6, 6.07) is 8.13. The minimum Gasteiger partial charge on any atom is -0.357 e. The molecule has 1 amide bonds. The summed E-state index contributed by atoms with van der Waals surface area (Å²) < 4.78 is 0. The summed E-state index contributed by atoms with van der Waals surface area (Å²) in [6.07, 6.45) is 0.949. The Balaban J connectivity index is 2.58. The van der Waals surface area contributed by atoms with Crippen molar-refractivity contribution < 1.29 is 4.79 Å². The number of amides is 1. The lowest BCUT2D eigenvalue weighted by Crippen LogP contribution is -2.41. The number of rotatable bonds is 6. The lowest BCUT2D eigenvalue weighted by atomic mass is 10.1. The van der Waals surface area contributed by atoms with Crippen LogP contribution in [0.2, 0.25) is 0 Å². The fraction of sp³-hybridized carbons (Fsp3) is 0.500. The fourth-order valence-corrected chi connectivity index (χ4v) is 1.81. The van der Waals surface area contributed by atoms with Crippen LogP contribution in [0.15, 0.2) is 29.3 Å². The molecule has 0 aliphatic carbocycles. The van der Waals surface area contributed by atoms with Crippen molar-refractivity contribution in [3.8, 4) is 0 Å². The third-order valence-electron chi connectivity index (χ3n) is 2.77. The molecule has 5 heteroatoms. The molecule has 1 aromatic carbocycles. The number of carbonyl (C=O) groups is 1. The number of nitrogens with zero attached hydrogens (tertiary/aromatic N) is 1. The molecule has 1 rings (SSSR count). The molecule has 0 spiro atoms. The van der Waals surface area contributed by atoms with E-state index in [4.69, 9.17) is 0 Å². The minimum absolute atomic E-state index is 0.0956. The highest BCUT2D eigenvalue weighted by Gasteiger charge is 2.04. The summed E-state index contributed by atoms with van der Waals surface area (Å²) >= 11 is 0. The summed E-state index contributed by atoms with van der Waals surface area (Å²) in [5, 5.41) is 9.15. The van der Waals surface area contributed by atoms with E-state index in [0.29, 0.717) is 5.96 Å². The van der Waals surface area contributed by atoms with Crippen molar-refractivity contribution >= 4 is 17.6 Å². The molecule has 0 heterocycles. The van der Waals surface area contributed by atoms with Crippen LogP contribution in [-0.2, 0) is 11.2 Å². The Bertz CT molecular complexity index is 483. The Morgan fingerprint density at radius 2 is 2.05 bits per heavy atom. The Labute approximate surface area is 127 Å². The first-order valence-electron chi connectivity index (χ1n) is 7.48. The van der Waals surface area contributed by atoms with Gasteiger partial charge in [0, 0.05) is 18.3 Å². The van der Waals surface area contributed by atoms with Crippen LogP contribution >= 0.6 is 0 Å². The summed E-state index contributed by atoms with van der Waals surface area (Å²) in [6.45, 7) is 9.00. The van der Waals surface area contributed by atoms with Crippen LogP contribution in [0.4, 0.5) is 5.69 Å². The molecule has 0 fully saturated rings. The quantitative estimate of drug-likeness (QED) is 0.555. The Morgan fingerprint density at radius 1 is 1.29 bits per heavy atom. The van der Waals surface area contributed by atoms with E-state index in [1.807, 2.05) is 45.0 Å². The zero-order valence-electron chi connectivity index (χ0n) is 13.4. The van der Waals surface area contributed by atoms with Crippen LogP contribution < -0.4 is 16.0 Å². The summed E-state index contributed by atoms with van der Waals surface area (Å²) in [4.78, 5) is 16.2. The molecule has 0 aliphatic rings. The first-order chi connectivity index (χ1) is 10.0. The zero-order chi connectivity index (χ0) is 15.7. The number of anilines is 1. The number of carbonyl (C=O) groups excluding carboxylic acids is 1. The van der Waals surface area contributed by atoms with Gasteiger partial charge in [0.25, 0.3) is 0 Å². The van der Waals surface area contributed by atoms with E-state index in [1.54, 1.807) is 0 Å². The number of aliphatic imine (C=N–C) groups is 1. The maximum absolute atomic E-state index is 11.9. The SMILES string of the molecule is CCNC(=NCC(=O)Nc1cccc(CC)c1)NC(C)C. The lowest BCUT2D eigenvalue weighted by molar-refractivity contribution is -0.114. The van der Waals surface area contributed by atoms with Crippen molar-refractivity contribution in [3.05, 3.63) is 29.8 Å². The maximum Gasteiger partial charge on any atom is 0.246 e. The predicted octanol–water partition coefficient (Wildman–Crippen LogP) is 2.15. The second-order valence-electron chi connectivity index (χ2n) is 5.10. The highest BCUT2D eigenvalue weighted by Crippen LogP contribution is 2.10. The molecule has 21 heavy (non-hydrogen) atoms. The van der Waals surface area contributed by atoms with Gasteiger partial charge in [-0.15, -0.1) is 0 Å². The summed E-state index contributed by atoms with van der Waals surface area (Å²) in [5.41, 5.74) is 2.02. The number of aryl methyl sites for hydroxylation is 1. The molecule has 1 aromatic rings. The summed E-state index contributed by atoms with van der Waals surface area (Å²) in [7, 11) is 0. The Morgan fingerprint density at radius 3 is 2.67 bits per heavy atom. The van der Waals surface area contributed by atoms with E-state index in [2.05, 4.69) is 27.9 Å². The smallest absolute Gasteiger partial charge is 0.246 e. The van der Waals surface area contributed by atoms with E-state index in [-0.39, 0.29) is 18.5 Å². The minimum atomic E-state index is -0.121. The monoisotopic (exact) mass is 290 g/mol. The molecule has 0 saturated heterocycles. The van der Waals surface area contributed by atoms with Gasteiger partial charge in [0.05, 0.1) is 0 Å². The fourth-order valence-electron chi connectivity index (χ4n) is 1.81. The summed E-state index contributed by atoms with van der Waals surface area (Å²) in [5.74, 6) is 0.536. The van der Waals surface area contributed by atoms with Crippen molar-refractivity contribution in [1.82, 2.24) is 10.6 Å². The average Bonchev–Trinajstić information content (AvgIpc) is 2.44. The van der Waals surface area contributed by atoms with Crippen molar-refractivity contribution in [2.24, 2.45) is 4.99 Å². The van der Waals surface area contributed by atoms with Crippen LogP contribution in [-0.4, -0.2) is 31.0 Å². The van der Waals surface area contributed by atoms with Gasteiger partial charge in [0.15, 0.2) is 5.96 Å². The van der Waals surface area contributed by atoms with Gasteiger partial charge in [-0.2, -0.15) is 0 Å². The molecular formula is C16H26N4O. The molecule has 116 valence electrons. The lowest BCUT2D eigenvalue weighted by Gasteiger charge is -2.13. The van der Waals surface area contributed by atoms with Crippen molar-refractivity contribution in [2.75, 3.05) is 18.4 Å². The second kappa shape index (κ2) is 9.00. The van der Waals surface area contributed by atoms with E-state index < -0.39 is 0 Å². The van der Waals surface area contributed by atoms with E-state index in [9.17, 15) is 4.79 Å². The van der Waals surface area contributed by atoms with Crippen molar-refractivity contribution in [1.29, 1.82) is 0 Å². The number of guanidine groups is 1. The van der Waals surface area contributed by atoms with Crippen LogP contribution in [0.5, 0.6) is 0 Å². The number of hydrogen-bond acceptors (Lipinski definition) is 2. The molecule has 3 N–H and O–H groups in total. The predicted molar refractivity (Wildman–Crippen MR) is 88.7 cm³/mol. The van der Waals surface area contributed by atoms with Gasteiger partial charge in [0.1, 0.15) is 6.54 Å². The normalized spacial score (nSPS) is 11.4. The van der Waals surface area contributed by atoms with Crippen LogP contribution in [0.25, 0.3) is 0 Å². The van der Waals surface area contributed by atoms with Crippen LogP contribution in [0.3, 0.4) is 0 Å². The first-order valence-corrected chi connectivity index (χ1v) is 7.48. The van der Waals surface area contributed by atoms with Crippen molar-refractivity contribution in [2.45, 2.75) is 40.2 Å². The van der Waals surface area contributed by atoms with E-state index >= 15 is 0 Å². The van der Waals surface area contributed by atoms with Gasteiger partial charge in [-0.1, -0.05) is 19.1 Å². The van der Waals surface area contributed by atoms with Crippen molar-refractivity contribution in [3.63, 3.8) is 0 Å². The van der Waals surface area contributed by atoms with Gasteiger partial charge in [-0.3, -0.25) is 4.79 Å². The van der Waals surface area contributed by atoms with Gasteiger partial charge >= 0.3 is 0 Å². The topological polar surface area (TPSA) is 65.5 Å². The number of benzene rings is 1. The standard InChI is InChI=1S/C16H26N4O/c1-5-13-8-7-9-14(10-13)20-15(21)11-18-16(17-6-2)19-12(3)4/h7-10,12H,5-6,11H2,1-4H3,(H,20,21)(H2,17,18,19). The molecule has 0 aliphatic heterocycles. The molecule has 0 saturated carbocycles. The second-order valence-corrected chi connectivity index (χ2v) is 5.10. The Hall–Kier alpha value is -2.04. The van der Waals surface area contributed by atoms with Gasteiger partial charge in [0.2, 0.25) is 5.91 Å². The van der Waals surface area contributed by atoms with Crippen LogP contribution in [0.1, 0.15) is 33.3 Å². The van der Waals surface area contributed by atoms with Gasteiger partial charge < -0.3 is 16.0 Å². The average molecular weight is 290 g/mol. The molecule has 0 atom stereocenters. The highest BCUT2D eigenvalue weighted by molar-refractivity contribution is 5.94. The van der Waals surface area contributed by atoms with Crippen LogP contribution in [0, 0.1) is 0 Å². The molecule has 0 unspecified atom stereocenters. The van der Waals surface area contributed by atoms with Gasteiger partial charge in [-0.25, -0.2) is 4.99 Å². The van der Waals surface area contributed by atoms with E-state index in [0.717, 1.165) is 18.7 Å². The molecule has 0 radical (unpaired) electrons. The van der Waals surface area contributed by atoms with Gasteiger partial charge in [-0.05, 0) is 44.9 Å². The molecular weight excluding hydrogens is 264 g/mol. The highest BCUT2D eigenvalue weighted by atomic mass is 16.1. The Kier molecular flexibility index (Phi) is 7.29. The third kappa shape index (κ3) is 6.79. The number of hydrogen-bond donors (Lipinski definition) is 3. The molecule has 0 bridgehead atoms. The third-order valence-corrected chi connectivity index (χ3v) is 2.77. The number of nitrogens with one attached hydrogen (secondary N) is 3. The largest absolute Gasteiger partial charge is 0.357 e. The maximum atomic E-state index is 11.9. The van der Waals surface area contributed by atoms with E-state index in [1.165, 1.54) is 5.56 Å². The molecule has 0 aromatic heterocycles. The zero-order valence-corrected chi connectivity index (χ0v) is 13.4. The molecule has 5 nitrogen and oxygen atoms in total. The first kappa shape index (κ1) is 17.0.